The molecule has 0 unspecified atom stereocenters. The van der Waals surface area contributed by atoms with Gasteiger partial charge in [-0.3, -0.25) is 14.4 Å². The van der Waals surface area contributed by atoms with Gasteiger partial charge in [-0.05, 0) is 67.3 Å². The van der Waals surface area contributed by atoms with Gasteiger partial charge in [-0.15, -0.1) is 0 Å². The Bertz CT molecular complexity index is 1830. The second-order valence-corrected chi connectivity index (χ2v) is 10.2. The second kappa shape index (κ2) is 12.5. The van der Waals surface area contributed by atoms with Crippen LogP contribution in [-0.2, 0) is 13.5 Å². The summed E-state index contributed by atoms with van der Waals surface area (Å²) in [5.41, 5.74) is 5.89. The zero-order valence-corrected chi connectivity index (χ0v) is 23.9. The Balaban J connectivity index is 1.40. The number of aryl methyl sites for hydroxylation is 2. The molecule has 42 heavy (non-hydrogen) atoms. The molecule has 5 aromatic rings. The highest BCUT2D eigenvalue weighted by Crippen LogP contribution is 2.28. The van der Waals surface area contributed by atoms with E-state index in [1.807, 2.05) is 78.2 Å². The van der Waals surface area contributed by atoms with Gasteiger partial charge in [0.1, 0.15) is 0 Å². The van der Waals surface area contributed by atoms with Crippen LogP contribution in [0.15, 0.2) is 107 Å². The molecule has 2 aromatic heterocycles. The Labute approximate surface area is 244 Å². The minimum atomic E-state index is -0.269. The number of hydrogen-bond acceptors (Lipinski definition) is 5. The van der Waals surface area contributed by atoms with E-state index in [-0.39, 0.29) is 22.7 Å². The van der Waals surface area contributed by atoms with E-state index in [2.05, 4.69) is 22.5 Å². The molecular formula is C34H33N5O3. The Morgan fingerprint density at radius 1 is 0.905 bits per heavy atom. The summed E-state index contributed by atoms with van der Waals surface area (Å²) >= 11 is 0. The predicted molar refractivity (Wildman–Crippen MR) is 168 cm³/mol. The molecule has 0 fully saturated rings. The van der Waals surface area contributed by atoms with Crippen molar-refractivity contribution in [1.29, 1.82) is 0 Å². The van der Waals surface area contributed by atoms with E-state index in [4.69, 9.17) is 0 Å². The Kier molecular flexibility index (Phi) is 8.43. The van der Waals surface area contributed by atoms with Crippen LogP contribution in [-0.4, -0.2) is 20.0 Å². The van der Waals surface area contributed by atoms with Crippen molar-refractivity contribution in [2.45, 2.75) is 33.1 Å². The molecule has 8 nitrogen and oxygen atoms in total. The van der Waals surface area contributed by atoms with Gasteiger partial charge in [-0.1, -0.05) is 43.7 Å². The van der Waals surface area contributed by atoms with Crippen LogP contribution in [0.2, 0.25) is 0 Å². The van der Waals surface area contributed by atoms with Gasteiger partial charge in [0.2, 0.25) is 0 Å². The minimum absolute atomic E-state index is 0.0535. The highest BCUT2D eigenvalue weighted by atomic mass is 16.1. The third-order valence-electron chi connectivity index (χ3n) is 7.22. The monoisotopic (exact) mass is 559 g/mol. The second-order valence-electron chi connectivity index (χ2n) is 10.2. The van der Waals surface area contributed by atoms with Crippen molar-refractivity contribution in [3.05, 3.63) is 135 Å². The molecule has 2 N–H and O–H groups in total. The fourth-order valence-electron chi connectivity index (χ4n) is 4.82. The summed E-state index contributed by atoms with van der Waals surface area (Å²) < 4.78 is 3.33. The molecule has 1 amide bonds. The molecular weight excluding hydrogens is 526 g/mol. The van der Waals surface area contributed by atoms with Crippen molar-refractivity contribution in [1.82, 2.24) is 14.1 Å². The zero-order chi connectivity index (χ0) is 29.6. The highest BCUT2D eigenvalue weighted by molar-refractivity contribution is 6.06. The first-order chi connectivity index (χ1) is 20.3. The number of carbonyl (C=O) groups is 1. The minimum Gasteiger partial charge on any atom is -0.336 e. The zero-order valence-electron chi connectivity index (χ0n) is 23.9. The van der Waals surface area contributed by atoms with Crippen molar-refractivity contribution in [3.63, 3.8) is 0 Å². The summed E-state index contributed by atoms with van der Waals surface area (Å²) in [5.74, 6) is 0.0353. The van der Waals surface area contributed by atoms with Crippen LogP contribution in [0.1, 0.15) is 41.3 Å². The van der Waals surface area contributed by atoms with Gasteiger partial charge in [0.15, 0.2) is 11.2 Å². The van der Waals surface area contributed by atoms with Gasteiger partial charge in [0.25, 0.3) is 11.5 Å². The number of anilines is 3. The summed E-state index contributed by atoms with van der Waals surface area (Å²) in [6.45, 7) is 4.07. The number of carbonyl (C=O) groups excluding carboxylic acids is 1. The first-order valence-corrected chi connectivity index (χ1v) is 14.0. The molecule has 0 spiro atoms. The summed E-state index contributed by atoms with van der Waals surface area (Å²) in [6.07, 6.45) is 8.04. The van der Waals surface area contributed by atoms with Crippen molar-refractivity contribution in [2.24, 2.45) is 7.05 Å². The molecule has 0 saturated heterocycles. The normalized spacial score (nSPS) is 10.8. The number of rotatable bonds is 9. The maximum absolute atomic E-state index is 13.3. The van der Waals surface area contributed by atoms with E-state index < -0.39 is 0 Å². The van der Waals surface area contributed by atoms with Gasteiger partial charge >= 0.3 is 0 Å². The molecule has 5 rings (SSSR count). The van der Waals surface area contributed by atoms with Crippen molar-refractivity contribution in [3.8, 4) is 16.9 Å². The van der Waals surface area contributed by atoms with Gasteiger partial charge in [-0.2, -0.15) is 0 Å². The molecule has 0 saturated carbocycles. The predicted octanol–water partition coefficient (Wildman–Crippen LogP) is 6.25. The summed E-state index contributed by atoms with van der Waals surface area (Å²) in [4.78, 5) is 42.4. The lowest BCUT2D eigenvalue weighted by Gasteiger charge is -2.15. The third-order valence-corrected chi connectivity index (χ3v) is 7.22. The van der Waals surface area contributed by atoms with Crippen LogP contribution in [0, 0.1) is 6.92 Å². The molecule has 0 aliphatic rings. The van der Waals surface area contributed by atoms with E-state index in [1.165, 1.54) is 16.7 Å². The molecule has 0 bridgehead atoms. The first kappa shape index (κ1) is 28.3. The number of aromatic nitrogens is 3. The molecule has 3 aromatic carbocycles. The van der Waals surface area contributed by atoms with Crippen LogP contribution in [0.5, 0.6) is 0 Å². The fraction of sp³-hybridized carbons (Fsp3) is 0.176. The lowest BCUT2D eigenvalue weighted by Crippen LogP contribution is -2.21. The molecule has 0 atom stereocenters. The summed E-state index contributed by atoms with van der Waals surface area (Å²) in [6, 6.07) is 23.9. The van der Waals surface area contributed by atoms with Gasteiger partial charge in [-0.25, -0.2) is 4.98 Å². The quantitative estimate of drug-likeness (QED) is 0.223. The number of amides is 1. The number of nitrogens with zero attached hydrogens (tertiary/aromatic N) is 3. The smallest absolute Gasteiger partial charge is 0.293 e. The van der Waals surface area contributed by atoms with E-state index >= 15 is 0 Å². The van der Waals surface area contributed by atoms with E-state index in [0.29, 0.717) is 22.6 Å². The molecule has 0 aliphatic carbocycles. The number of benzene rings is 3. The SMILES string of the molecule is CCCCc1ccccc1C(=O)Nc1cccc(-c2cn(C)c(=O)c(Nc3ccc(-n4ccc(=O)cc4)cc3)n2)c1C. The lowest BCUT2D eigenvalue weighted by molar-refractivity contribution is 0.102. The number of nitrogens with one attached hydrogen (secondary N) is 2. The fourth-order valence-corrected chi connectivity index (χ4v) is 4.82. The summed E-state index contributed by atoms with van der Waals surface area (Å²) in [7, 11) is 1.69. The van der Waals surface area contributed by atoms with Crippen molar-refractivity contribution < 1.29 is 4.79 Å². The third kappa shape index (κ3) is 6.23. The Morgan fingerprint density at radius 2 is 1.64 bits per heavy atom. The average molecular weight is 560 g/mol. The van der Waals surface area contributed by atoms with Crippen LogP contribution >= 0.6 is 0 Å². The Hall–Kier alpha value is -5.24. The number of unbranched alkanes of at least 4 members (excludes halogenated alkanes) is 1. The van der Waals surface area contributed by atoms with Gasteiger partial charge in [0.05, 0.1) is 5.69 Å². The van der Waals surface area contributed by atoms with Gasteiger partial charge < -0.3 is 19.8 Å². The molecule has 0 radical (unpaired) electrons. The lowest BCUT2D eigenvalue weighted by atomic mass is 10.0. The van der Waals surface area contributed by atoms with E-state index in [0.717, 1.165) is 41.6 Å². The van der Waals surface area contributed by atoms with Crippen LogP contribution in [0.4, 0.5) is 17.2 Å². The number of pyridine rings is 1. The maximum atomic E-state index is 13.3. The topological polar surface area (TPSA) is 98.0 Å². The molecule has 0 aliphatic heterocycles. The van der Waals surface area contributed by atoms with E-state index in [1.54, 1.807) is 25.6 Å². The van der Waals surface area contributed by atoms with Crippen molar-refractivity contribution >= 4 is 23.1 Å². The largest absolute Gasteiger partial charge is 0.336 e. The average Bonchev–Trinajstić information content (AvgIpc) is 3.00. The molecule has 212 valence electrons. The standard InChI is InChI=1S/C34H33N5O3/c1-4-5-9-24-10-6-7-11-29(24)33(41)37-30-13-8-12-28(23(30)2)31-22-38(3)34(42)32(36-31)35-25-14-16-26(17-15-25)39-20-18-27(40)19-21-39/h6-8,10-22H,4-5,9H2,1-3H3,(H,35,36)(H,37,41). The van der Waals surface area contributed by atoms with Crippen molar-refractivity contribution in [2.75, 3.05) is 10.6 Å². The van der Waals surface area contributed by atoms with Crippen LogP contribution in [0.25, 0.3) is 16.9 Å². The first-order valence-electron chi connectivity index (χ1n) is 14.0. The molecule has 8 heteroatoms. The van der Waals surface area contributed by atoms with Crippen LogP contribution < -0.4 is 21.6 Å². The molecule has 2 heterocycles. The van der Waals surface area contributed by atoms with E-state index in [9.17, 15) is 14.4 Å². The van der Waals surface area contributed by atoms with Gasteiger partial charge in [0, 0.05) is 66.0 Å². The highest BCUT2D eigenvalue weighted by Gasteiger charge is 2.16. The maximum Gasteiger partial charge on any atom is 0.293 e. The summed E-state index contributed by atoms with van der Waals surface area (Å²) in [5, 5.41) is 6.23. The van der Waals surface area contributed by atoms with Crippen LogP contribution in [0.3, 0.4) is 0 Å². The number of hydrogen-bond donors (Lipinski definition) is 2. The Morgan fingerprint density at radius 3 is 2.38 bits per heavy atom.